The predicted octanol–water partition coefficient (Wildman–Crippen LogP) is 2.45. The monoisotopic (exact) mass is 284 g/mol. The lowest BCUT2D eigenvalue weighted by atomic mass is 10.2. The molecule has 90 valence electrons. The van der Waals surface area contributed by atoms with Crippen LogP contribution in [0.5, 0.6) is 0 Å². The number of nitrogens with zero attached hydrogens (tertiary/aromatic N) is 2. The molecule has 0 radical (unpaired) electrons. The zero-order chi connectivity index (χ0) is 11.8. The largest absolute Gasteiger partial charge is 0.308 e. The van der Waals surface area contributed by atoms with Crippen LogP contribution in [0.15, 0.2) is 30.3 Å². The fraction of sp³-hybridized carbons (Fsp3) is 0.538. The van der Waals surface area contributed by atoms with Gasteiger partial charge in [-0.25, -0.2) is 0 Å². The maximum absolute atomic E-state index is 3.52. The molecular weight excluding hydrogens is 264 g/mol. The van der Waals surface area contributed by atoms with Crippen LogP contribution in [0.25, 0.3) is 0 Å². The molecule has 0 saturated carbocycles. The van der Waals surface area contributed by atoms with E-state index in [1.807, 2.05) is 0 Å². The lowest BCUT2D eigenvalue weighted by Crippen LogP contribution is -2.32. The topological polar surface area (TPSA) is 6.48 Å². The summed E-state index contributed by atoms with van der Waals surface area (Å²) in [6.45, 7) is 4.37. The van der Waals surface area contributed by atoms with Gasteiger partial charge in [-0.3, -0.25) is 4.90 Å². The first kappa shape index (κ1) is 13.7. The van der Waals surface area contributed by atoms with E-state index in [1.54, 1.807) is 0 Å². The second kappa shape index (κ2) is 7.82. The minimum Gasteiger partial charge on any atom is -0.308 e. The minimum absolute atomic E-state index is 1.03. The van der Waals surface area contributed by atoms with Crippen molar-refractivity contribution < 1.29 is 0 Å². The average Bonchev–Trinajstić information content (AvgIpc) is 2.27. The van der Waals surface area contributed by atoms with E-state index in [4.69, 9.17) is 0 Å². The molecule has 16 heavy (non-hydrogen) atoms. The van der Waals surface area contributed by atoms with Crippen molar-refractivity contribution in [1.29, 1.82) is 0 Å². The third-order valence-electron chi connectivity index (χ3n) is 2.51. The molecule has 0 spiro atoms. The molecule has 1 rings (SSSR count). The van der Waals surface area contributed by atoms with Crippen molar-refractivity contribution in [2.75, 3.05) is 39.1 Å². The summed E-state index contributed by atoms with van der Waals surface area (Å²) < 4.78 is 0. The van der Waals surface area contributed by atoms with Gasteiger partial charge in [0.25, 0.3) is 0 Å². The van der Waals surface area contributed by atoms with Crippen LogP contribution in [0, 0.1) is 0 Å². The van der Waals surface area contributed by atoms with Gasteiger partial charge < -0.3 is 4.90 Å². The van der Waals surface area contributed by atoms with Gasteiger partial charge in [0.15, 0.2) is 0 Å². The first-order valence-electron chi connectivity index (χ1n) is 5.69. The van der Waals surface area contributed by atoms with E-state index in [0.717, 1.165) is 31.5 Å². The molecule has 0 bridgehead atoms. The van der Waals surface area contributed by atoms with Gasteiger partial charge in [0, 0.05) is 31.5 Å². The first-order valence-corrected chi connectivity index (χ1v) is 6.81. The number of rotatable bonds is 7. The highest BCUT2D eigenvalue weighted by Crippen LogP contribution is 2.04. The van der Waals surface area contributed by atoms with Gasteiger partial charge in [-0.15, -0.1) is 0 Å². The van der Waals surface area contributed by atoms with Crippen LogP contribution < -0.4 is 0 Å². The standard InChI is InChI=1S/C13H21BrN2/c1-15(2)10-11-16(9-8-14)12-13-6-4-3-5-7-13/h3-7H,8-12H2,1-2H3. The van der Waals surface area contributed by atoms with Crippen molar-refractivity contribution >= 4 is 15.9 Å². The van der Waals surface area contributed by atoms with Gasteiger partial charge >= 0.3 is 0 Å². The fourth-order valence-electron chi connectivity index (χ4n) is 1.57. The van der Waals surface area contributed by atoms with Crippen molar-refractivity contribution in [1.82, 2.24) is 9.80 Å². The number of hydrogen-bond acceptors (Lipinski definition) is 2. The average molecular weight is 285 g/mol. The maximum Gasteiger partial charge on any atom is 0.0234 e. The van der Waals surface area contributed by atoms with Crippen LogP contribution in [-0.2, 0) is 6.54 Å². The Morgan fingerprint density at radius 3 is 2.25 bits per heavy atom. The Hall–Kier alpha value is -0.380. The van der Waals surface area contributed by atoms with E-state index in [-0.39, 0.29) is 0 Å². The normalized spacial score (nSPS) is 11.3. The van der Waals surface area contributed by atoms with Crippen LogP contribution in [0.2, 0.25) is 0 Å². The fourth-order valence-corrected chi connectivity index (χ4v) is 2.07. The van der Waals surface area contributed by atoms with Crippen molar-refractivity contribution in [3.8, 4) is 0 Å². The van der Waals surface area contributed by atoms with Crippen molar-refractivity contribution in [3.63, 3.8) is 0 Å². The Balaban J connectivity index is 2.44. The van der Waals surface area contributed by atoms with E-state index < -0.39 is 0 Å². The van der Waals surface area contributed by atoms with Crippen LogP contribution in [0.1, 0.15) is 5.56 Å². The van der Waals surface area contributed by atoms with Crippen molar-refractivity contribution in [3.05, 3.63) is 35.9 Å². The highest BCUT2D eigenvalue weighted by atomic mass is 79.9. The van der Waals surface area contributed by atoms with E-state index in [0.29, 0.717) is 0 Å². The Kier molecular flexibility index (Phi) is 6.69. The van der Waals surface area contributed by atoms with Crippen LogP contribution >= 0.6 is 15.9 Å². The van der Waals surface area contributed by atoms with Crippen LogP contribution in [0.3, 0.4) is 0 Å². The SMILES string of the molecule is CN(C)CCN(CCBr)Cc1ccccc1. The smallest absolute Gasteiger partial charge is 0.0234 e. The van der Waals surface area contributed by atoms with Gasteiger partial charge in [0.1, 0.15) is 0 Å². The summed E-state index contributed by atoms with van der Waals surface area (Å²) in [4.78, 5) is 4.70. The van der Waals surface area contributed by atoms with E-state index >= 15 is 0 Å². The Morgan fingerprint density at radius 1 is 1.00 bits per heavy atom. The van der Waals surface area contributed by atoms with Crippen LogP contribution in [0.4, 0.5) is 0 Å². The number of alkyl halides is 1. The highest BCUT2D eigenvalue weighted by Gasteiger charge is 2.05. The lowest BCUT2D eigenvalue weighted by Gasteiger charge is -2.23. The molecule has 0 amide bonds. The molecule has 0 aliphatic rings. The summed E-state index contributed by atoms with van der Waals surface area (Å²) in [6, 6.07) is 10.7. The number of likely N-dealkylation sites (N-methyl/N-ethyl adjacent to an activating group) is 1. The zero-order valence-corrected chi connectivity index (χ0v) is 11.8. The summed E-state index contributed by atoms with van der Waals surface area (Å²) in [6.07, 6.45) is 0. The summed E-state index contributed by atoms with van der Waals surface area (Å²) in [5, 5.41) is 1.03. The minimum atomic E-state index is 1.03. The summed E-state index contributed by atoms with van der Waals surface area (Å²) in [5.74, 6) is 0. The summed E-state index contributed by atoms with van der Waals surface area (Å²) >= 11 is 3.52. The second-order valence-electron chi connectivity index (χ2n) is 4.25. The summed E-state index contributed by atoms with van der Waals surface area (Å²) in [5.41, 5.74) is 1.39. The Labute approximate surface area is 107 Å². The molecule has 0 unspecified atom stereocenters. The number of benzene rings is 1. The molecule has 0 N–H and O–H groups in total. The van der Waals surface area contributed by atoms with Crippen molar-refractivity contribution in [2.45, 2.75) is 6.54 Å². The molecule has 0 aliphatic carbocycles. The van der Waals surface area contributed by atoms with Gasteiger partial charge in [0.05, 0.1) is 0 Å². The quantitative estimate of drug-likeness (QED) is 0.710. The molecule has 0 heterocycles. The van der Waals surface area contributed by atoms with Gasteiger partial charge in [-0.2, -0.15) is 0 Å². The summed E-state index contributed by atoms with van der Waals surface area (Å²) in [7, 11) is 4.24. The van der Waals surface area contributed by atoms with Gasteiger partial charge in [-0.05, 0) is 19.7 Å². The molecule has 0 aliphatic heterocycles. The molecular formula is C13H21BrN2. The molecule has 1 aromatic rings. The van der Waals surface area contributed by atoms with E-state index in [1.165, 1.54) is 5.56 Å². The molecule has 3 heteroatoms. The number of halogens is 1. The first-order chi connectivity index (χ1) is 7.72. The maximum atomic E-state index is 3.52. The van der Waals surface area contributed by atoms with Crippen LogP contribution in [-0.4, -0.2) is 48.9 Å². The molecule has 0 saturated heterocycles. The van der Waals surface area contributed by atoms with Gasteiger partial charge in [0.2, 0.25) is 0 Å². The Bertz CT molecular complexity index is 275. The third-order valence-corrected chi connectivity index (χ3v) is 2.87. The highest BCUT2D eigenvalue weighted by molar-refractivity contribution is 9.09. The molecule has 0 atom stereocenters. The van der Waals surface area contributed by atoms with Gasteiger partial charge in [-0.1, -0.05) is 46.3 Å². The molecule has 1 aromatic carbocycles. The third kappa shape index (κ3) is 5.64. The predicted molar refractivity (Wildman–Crippen MR) is 74.1 cm³/mol. The lowest BCUT2D eigenvalue weighted by molar-refractivity contribution is 0.246. The van der Waals surface area contributed by atoms with E-state index in [2.05, 4.69) is 70.2 Å². The van der Waals surface area contributed by atoms with Crippen molar-refractivity contribution in [2.24, 2.45) is 0 Å². The Morgan fingerprint density at radius 2 is 1.69 bits per heavy atom. The van der Waals surface area contributed by atoms with E-state index in [9.17, 15) is 0 Å². The molecule has 0 aromatic heterocycles. The number of hydrogen-bond donors (Lipinski definition) is 0. The molecule has 0 fully saturated rings. The molecule has 2 nitrogen and oxygen atoms in total. The second-order valence-corrected chi connectivity index (χ2v) is 5.05. The zero-order valence-electron chi connectivity index (χ0n) is 10.2.